The summed E-state index contributed by atoms with van der Waals surface area (Å²) in [6.45, 7) is 3.46. The van der Waals surface area contributed by atoms with E-state index in [1.54, 1.807) is 0 Å². The van der Waals surface area contributed by atoms with Crippen molar-refractivity contribution in [3.63, 3.8) is 0 Å². The smallest absolute Gasteiger partial charge is 0.222 e. The molecule has 0 bridgehead atoms. The molecule has 1 aliphatic heterocycles. The molecule has 1 atom stereocenters. The Balaban J connectivity index is 1.81. The molecule has 0 aromatic heterocycles. The Morgan fingerprint density at radius 3 is 2.61 bits per heavy atom. The molecule has 1 heterocycles. The van der Waals surface area contributed by atoms with Gasteiger partial charge in [-0.25, -0.2) is 0 Å². The number of aliphatic hydroxyl groups is 1. The third-order valence-electron chi connectivity index (χ3n) is 4.60. The monoisotopic (exact) mass is 253 g/mol. The van der Waals surface area contributed by atoms with Crippen LogP contribution < -0.4 is 0 Å². The van der Waals surface area contributed by atoms with E-state index in [1.165, 1.54) is 32.1 Å². The van der Waals surface area contributed by atoms with E-state index in [4.69, 9.17) is 0 Å². The lowest BCUT2D eigenvalue weighted by atomic mass is 9.86. The second-order valence-electron chi connectivity index (χ2n) is 6.44. The van der Waals surface area contributed by atoms with Gasteiger partial charge in [0.25, 0.3) is 0 Å². The van der Waals surface area contributed by atoms with Gasteiger partial charge in [0.2, 0.25) is 5.91 Å². The highest BCUT2D eigenvalue weighted by molar-refractivity contribution is 5.76. The first-order valence-electron chi connectivity index (χ1n) is 7.57. The summed E-state index contributed by atoms with van der Waals surface area (Å²) >= 11 is 0. The highest BCUT2D eigenvalue weighted by Gasteiger charge is 2.28. The summed E-state index contributed by atoms with van der Waals surface area (Å²) in [4.78, 5) is 14.3. The van der Waals surface area contributed by atoms with Gasteiger partial charge in [0, 0.05) is 19.5 Å². The highest BCUT2D eigenvalue weighted by atomic mass is 16.3. The lowest BCUT2D eigenvalue weighted by molar-refractivity contribution is -0.132. The summed E-state index contributed by atoms with van der Waals surface area (Å²) < 4.78 is 0. The molecule has 2 fully saturated rings. The van der Waals surface area contributed by atoms with Crippen LogP contribution in [0.15, 0.2) is 0 Å². The summed E-state index contributed by atoms with van der Waals surface area (Å²) in [6.07, 6.45) is 9.63. The lowest BCUT2D eigenvalue weighted by Crippen LogP contribution is -2.34. The molecule has 1 unspecified atom stereocenters. The third-order valence-corrected chi connectivity index (χ3v) is 4.60. The molecule has 3 nitrogen and oxygen atoms in total. The normalized spacial score (nSPS) is 31.1. The maximum absolute atomic E-state index is 12.3. The third kappa shape index (κ3) is 3.98. The van der Waals surface area contributed by atoms with E-state index in [9.17, 15) is 9.90 Å². The van der Waals surface area contributed by atoms with Gasteiger partial charge in [-0.3, -0.25) is 4.79 Å². The van der Waals surface area contributed by atoms with Gasteiger partial charge in [0.05, 0.1) is 5.60 Å². The van der Waals surface area contributed by atoms with E-state index in [0.717, 1.165) is 38.8 Å². The summed E-state index contributed by atoms with van der Waals surface area (Å²) in [5.74, 6) is 0.939. The van der Waals surface area contributed by atoms with E-state index in [1.807, 2.05) is 11.8 Å². The fourth-order valence-corrected chi connectivity index (χ4v) is 3.28. The summed E-state index contributed by atoms with van der Waals surface area (Å²) in [5, 5.41) is 10.0. The minimum Gasteiger partial charge on any atom is -0.390 e. The van der Waals surface area contributed by atoms with Crippen molar-refractivity contribution in [2.75, 3.05) is 13.1 Å². The van der Waals surface area contributed by atoms with Gasteiger partial charge in [-0.15, -0.1) is 0 Å². The number of carbonyl (C=O) groups excluding carboxylic acids is 1. The standard InChI is InChI=1S/C15H27NO2/c1-15(18)8-5-10-16(11-9-15)14(17)12-13-6-3-2-4-7-13/h13,18H,2-12H2,1H3. The zero-order valence-corrected chi connectivity index (χ0v) is 11.7. The topological polar surface area (TPSA) is 40.5 Å². The molecule has 104 valence electrons. The molecule has 3 heteroatoms. The van der Waals surface area contributed by atoms with Gasteiger partial charge in [0.15, 0.2) is 0 Å². The maximum Gasteiger partial charge on any atom is 0.222 e. The molecule has 1 N–H and O–H groups in total. The zero-order chi connectivity index (χ0) is 13.0. The molecule has 0 radical (unpaired) electrons. The Morgan fingerprint density at radius 1 is 1.17 bits per heavy atom. The van der Waals surface area contributed by atoms with Crippen LogP contribution in [-0.2, 0) is 4.79 Å². The molecule has 0 aromatic carbocycles. The van der Waals surface area contributed by atoms with Crippen LogP contribution in [0.4, 0.5) is 0 Å². The Bertz CT molecular complexity index is 282. The quantitative estimate of drug-likeness (QED) is 0.822. The van der Waals surface area contributed by atoms with Crippen molar-refractivity contribution in [1.29, 1.82) is 0 Å². The van der Waals surface area contributed by atoms with Crippen molar-refractivity contribution in [2.45, 2.75) is 70.3 Å². The van der Waals surface area contributed by atoms with E-state index < -0.39 is 5.60 Å². The van der Waals surface area contributed by atoms with Crippen molar-refractivity contribution < 1.29 is 9.90 Å². The highest BCUT2D eigenvalue weighted by Crippen LogP contribution is 2.28. The summed E-state index contributed by atoms with van der Waals surface area (Å²) in [6, 6.07) is 0. The zero-order valence-electron chi connectivity index (χ0n) is 11.7. The average molecular weight is 253 g/mol. The van der Waals surface area contributed by atoms with Gasteiger partial charge in [-0.2, -0.15) is 0 Å². The Labute approximate surface area is 111 Å². The van der Waals surface area contributed by atoms with Crippen LogP contribution in [0.5, 0.6) is 0 Å². The van der Waals surface area contributed by atoms with Crippen LogP contribution in [0.25, 0.3) is 0 Å². The van der Waals surface area contributed by atoms with E-state index in [2.05, 4.69) is 0 Å². The molecule has 2 aliphatic rings. The first kappa shape index (κ1) is 13.9. The maximum atomic E-state index is 12.3. The molecule has 1 aliphatic carbocycles. The Morgan fingerprint density at radius 2 is 1.89 bits per heavy atom. The van der Waals surface area contributed by atoms with Gasteiger partial charge in [-0.05, 0) is 44.9 Å². The van der Waals surface area contributed by atoms with Gasteiger partial charge in [0.1, 0.15) is 0 Å². The van der Waals surface area contributed by atoms with Gasteiger partial charge >= 0.3 is 0 Å². The van der Waals surface area contributed by atoms with E-state index in [0.29, 0.717) is 11.8 Å². The molecule has 1 saturated carbocycles. The first-order chi connectivity index (χ1) is 8.57. The number of likely N-dealkylation sites (tertiary alicyclic amines) is 1. The van der Waals surface area contributed by atoms with Gasteiger partial charge in [-0.1, -0.05) is 19.3 Å². The SMILES string of the molecule is CC1(O)CCCN(C(=O)CC2CCCCC2)CC1. The number of carbonyl (C=O) groups is 1. The van der Waals surface area contributed by atoms with Crippen LogP contribution in [0.3, 0.4) is 0 Å². The minimum atomic E-state index is -0.570. The Kier molecular flexibility index (Phi) is 4.66. The second kappa shape index (κ2) is 6.05. The molecule has 18 heavy (non-hydrogen) atoms. The van der Waals surface area contributed by atoms with Crippen molar-refractivity contribution in [2.24, 2.45) is 5.92 Å². The van der Waals surface area contributed by atoms with Crippen LogP contribution in [-0.4, -0.2) is 34.6 Å². The van der Waals surface area contributed by atoms with Crippen molar-refractivity contribution >= 4 is 5.91 Å². The largest absolute Gasteiger partial charge is 0.390 e. The lowest BCUT2D eigenvalue weighted by Gasteiger charge is -2.26. The molecular weight excluding hydrogens is 226 g/mol. The summed E-state index contributed by atoms with van der Waals surface area (Å²) in [7, 11) is 0. The Hall–Kier alpha value is -0.570. The number of nitrogens with zero attached hydrogens (tertiary/aromatic N) is 1. The number of hydrogen-bond acceptors (Lipinski definition) is 2. The average Bonchev–Trinajstić information content (AvgIpc) is 2.51. The van der Waals surface area contributed by atoms with Crippen molar-refractivity contribution in [1.82, 2.24) is 4.90 Å². The van der Waals surface area contributed by atoms with Crippen LogP contribution in [0.1, 0.15) is 64.7 Å². The fourth-order valence-electron chi connectivity index (χ4n) is 3.28. The van der Waals surface area contributed by atoms with Crippen molar-refractivity contribution in [3.8, 4) is 0 Å². The summed E-state index contributed by atoms with van der Waals surface area (Å²) in [5.41, 5.74) is -0.570. The molecule has 1 amide bonds. The number of hydrogen-bond donors (Lipinski definition) is 1. The van der Waals surface area contributed by atoms with E-state index in [-0.39, 0.29) is 0 Å². The van der Waals surface area contributed by atoms with Gasteiger partial charge < -0.3 is 10.0 Å². The minimum absolute atomic E-state index is 0.319. The molecule has 0 aromatic rings. The van der Waals surface area contributed by atoms with Crippen LogP contribution in [0, 0.1) is 5.92 Å². The first-order valence-corrected chi connectivity index (χ1v) is 7.57. The predicted octanol–water partition coefficient (Wildman–Crippen LogP) is 2.72. The van der Waals surface area contributed by atoms with Crippen LogP contribution in [0.2, 0.25) is 0 Å². The molecular formula is C15H27NO2. The molecule has 0 spiro atoms. The molecule has 1 saturated heterocycles. The van der Waals surface area contributed by atoms with Crippen molar-refractivity contribution in [3.05, 3.63) is 0 Å². The molecule has 2 rings (SSSR count). The predicted molar refractivity (Wildman–Crippen MR) is 72.2 cm³/mol. The number of rotatable bonds is 2. The fraction of sp³-hybridized carbons (Fsp3) is 0.933. The number of amides is 1. The van der Waals surface area contributed by atoms with Crippen LogP contribution >= 0.6 is 0 Å². The van der Waals surface area contributed by atoms with E-state index >= 15 is 0 Å². The second-order valence-corrected chi connectivity index (χ2v) is 6.44.